The second-order valence-electron chi connectivity index (χ2n) is 34.7. The molecule has 13 aromatic rings. The molecule has 800 valence electrons. The Labute approximate surface area is 843 Å². The fraction of sp³-hybridized carbons (Fsp3) is 0.412. The van der Waals surface area contributed by atoms with Crippen LogP contribution >= 0.6 is 45.8 Å². The van der Waals surface area contributed by atoms with Gasteiger partial charge >= 0.3 is 51.5 Å². The summed E-state index contributed by atoms with van der Waals surface area (Å²) in [5, 5.41) is 0. The van der Waals surface area contributed by atoms with Gasteiger partial charge in [0, 0.05) is 57.3 Å². The highest BCUT2D eigenvalue weighted by molar-refractivity contribution is 8.06. The number of imidazole rings is 4. The molecule has 0 radical (unpaired) electrons. The molecule has 0 saturated carbocycles. The van der Waals surface area contributed by atoms with Crippen molar-refractivity contribution >= 4 is 150 Å². The molecular formula is C80H93N27O36P6S. The normalized spacial score (nSPS) is 26.3. The standard InChI is InChI=1S/C80H93N27O36P6S/c1-37-25-103(79(113)101-70(37)108)54-20-42(47(133-54)26-126-80(38-13-7-4-8-14-38,39-15-9-5-10-16-39)40-17-11-6-12-18-40)139-145(116,117)129-30-51-44(22-56(136-51)105-34-90-61-67(105)94-76(83)98-72(61)110)141-146(118,119)127-27-48-41(19-53(132-48)102(3)66-60(86-2)71(109)97-75(82)93-66)138-144(114,115)128-29-50-45(23-57(135-50)106-35-91-62-68(106)95-77(84)99-73(62)111)142-147(120,121)130-28-49-43(21-55(134-49)104-33-89-59-64(81)87-32-88-65(59)104)140-148(122,123)131-31-52-46(143-149(124,125)150)24-58(137-52)107-36-92-63-69(107)96-78(85)100-74(63)112/h4-18,25,32-36,41-58H,2,19-24,26-31H2,1,3H3,(H,114,115)(H,116,117)(H,118,119)(H,120,121)(H,122,123)(H2,81,87,88)(H,101,108,113)(H2,124,125,150)(H3,82,93,97,109)(H3,83,94,98,110)(H3,84,95,99,111)(H3,85,96,100,112)/t41-,42-,43-,44-,45-,46-,47+,48+,49+,50+,51+,52+,53+,54+,55?,56+,57+,58+/m0/s1. The third-order valence-corrected chi connectivity index (χ3v) is 30.8. The first-order valence-electron chi connectivity index (χ1n) is 45.1. The summed E-state index contributed by atoms with van der Waals surface area (Å²) in [5.74, 6) is -1.94. The van der Waals surface area contributed by atoms with Crippen LogP contribution in [0.25, 0.3) is 44.7 Å². The second kappa shape index (κ2) is 42.6. The molecule has 3 aromatic carbocycles. The van der Waals surface area contributed by atoms with Crippen molar-refractivity contribution in [2.45, 2.75) is 162 Å². The van der Waals surface area contributed by atoms with E-state index in [1.54, 1.807) is 0 Å². The Hall–Kier alpha value is -11.9. The minimum atomic E-state index is -5.75. The molecule has 19 rings (SSSR count). The molecule has 0 amide bonds. The average molecular weight is 2230 g/mol. The number of aromatic amines is 5. The van der Waals surface area contributed by atoms with Crippen molar-refractivity contribution in [1.82, 2.24) is 97.6 Å². The van der Waals surface area contributed by atoms with Crippen LogP contribution in [0.3, 0.4) is 0 Å². The fourth-order valence-electron chi connectivity index (χ4n) is 18.2. The van der Waals surface area contributed by atoms with Gasteiger partial charge in [-0.1, -0.05) is 91.0 Å². The summed E-state index contributed by atoms with van der Waals surface area (Å²) >= 11 is 4.76. The van der Waals surface area contributed by atoms with Gasteiger partial charge in [0.05, 0.1) is 71.1 Å². The Morgan fingerprint density at radius 1 is 0.413 bits per heavy atom. The molecule has 23 atom stereocenters. The Balaban J connectivity index is 0.565. The van der Waals surface area contributed by atoms with Crippen LogP contribution in [-0.4, -0.2) is 265 Å². The zero-order valence-electron chi connectivity index (χ0n) is 77.8. The van der Waals surface area contributed by atoms with E-state index in [1.165, 1.54) is 40.2 Å². The Kier molecular flexibility index (Phi) is 30.3. The van der Waals surface area contributed by atoms with E-state index in [9.17, 15) is 85.8 Å². The first-order chi connectivity index (χ1) is 71.3. The van der Waals surface area contributed by atoms with Gasteiger partial charge in [-0.05, 0) is 42.1 Å². The summed E-state index contributed by atoms with van der Waals surface area (Å²) in [4.78, 5) is 217. The molecule has 16 heterocycles. The number of phosphoric ester groups is 5. The predicted molar refractivity (Wildman–Crippen MR) is 518 cm³/mol. The maximum Gasteiger partial charge on any atom is 0.472 e. The summed E-state index contributed by atoms with van der Waals surface area (Å²) < 4.78 is 187. The zero-order valence-corrected chi connectivity index (χ0v) is 83.9. The number of H-pyrrole nitrogens is 5. The maximum atomic E-state index is 14.9. The molecule has 6 fully saturated rings. The Morgan fingerprint density at radius 3 is 1.10 bits per heavy atom. The van der Waals surface area contributed by atoms with E-state index in [-0.39, 0.29) is 86.6 Å². The number of aryl methyl sites for hydroxylation is 1. The van der Waals surface area contributed by atoms with Crippen LogP contribution in [0, 0.1) is 6.92 Å². The van der Waals surface area contributed by atoms with E-state index in [2.05, 4.69) is 86.5 Å². The lowest BCUT2D eigenvalue weighted by Crippen LogP contribution is -2.38. The van der Waals surface area contributed by atoms with Gasteiger partial charge in [0.1, 0.15) is 122 Å². The van der Waals surface area contributed by atoms with E-state index in [4.69, 9.17) is 123 Å². The van der Waals surface area contributed by atoms with Crippen molar-refractivity contribution in [1.29, 1.82) is 0 Å². The number of nitrogens with two attached hydrogens (primary N) is 5. The molecule has 0 aliphatic carbocycles. The molecular weight excluding hydrogens is 2130 g/mol. The monoisotopic (exact) mass is 2230 g/mol. The number of benzene rings is 3. The number of hydrogen-bond donors (Lipinski definition) is 17. The maximum absolute atomic E-state index is 14.9. The number of anilines is 6. The molecule has 150 heavy (non-hydrogen) atoms. The van der Waals surface area contributed by atoms with Crippen molar-refractivity contribution in [3.8, 4) is 0 Å². The van der Waals surface area contributed by atoms with E-state index >= 15 is 0 Å². The highest BCUT2D eigenvalue weighted by Gasteiger charge is 2.54. The summed E-state index contributed by atoms with van der Waals surface area (Å²) in [6.45, 7) is -5.48. The molecule has 10 aromatic heterocycles. The topological polar surface area (TPSA) is 874 Å². The van der Waals surface area contributed by atoms with Gasteiger partial charge in [0.25, 0.3) is 27.8 Å². The fourth-order valence-corrected chi connectivity index (χ4v) is 23.9. The van der Waals surface area contributed by atoms with Crippen LogP contribution in [0.4, 0.5) is 41.1 Å². The van der Waals surface area contributed by atoms with Crippen LogP contribution in [0.2, 0.25) is 0 Å². The molecule has 0 spiro atoms. The molecule has 6 aliphatic rings. The summed E-state index contributed by atoms with van der Waals surface area (Å²) in [6.07, 6.45) is -24.1. The summed E-state index contributed by atoms with van der Waals surface area (Å²) in [5.41, 5.74) is 24.1. The number of nitrogens with one attached hydrogen (secondary N) is 5. The van der Waals surface area contributed by atoms with Crippen molar-refractivity contribution in [3.05, 3.63) is 213 Å². The van der Waals surface area contributed by atoms with Crippen LogP contribution < -0.4 is 67.1 Å². The lowest BCUT2D eigenvalue weighted by atomic mass is 9.80. The summed E-state index contributed by atoms with van der Waals surface area (Å²) in [6, 6.07) is 27.4. The van der Waals surface area contributed by atoms with Gasteiger partial charge in [-0.15, -0.1) is 0 Å². The van der Waals surface area contributed by atoms with Gasteiger partial charge in [-0.3, -0.25) is 122 Å². The first kappa shape index (κ1) is 107. The van der Waals surface area contributed by atoms with Crippen molar-refractivity contribution in [3.63, 3.8) is 0 Å². The van der Waals surface area contributed by atoms with E-state index in [0.717, 1.165) is 39.3 Å². The minimum absolute atomic E-state index is 0.0628. The van der Waals surface area contributed by atoms with Gasteiger partial charge in [-0.2, -0.15) is 19.9 Å². The number of nitrogens with zero attached hydrogens (tertiary/aromatic N) is 17. The number of nitrogen functional groups attached to an aromatic ring is 5. The lowest BCUT2D eigenvalue weighted by molar-refractivity contribution is -0.0952. The van der Waals surface area contributed by atoms with Gasteiger partial charge < -0.3 is 106 Å². The smallest absolute Gasteiger partial charge is 0.382 e. The number of rotatable bonds is 41. The van der Waals surface area contributed by atoms with Crippen molar-refractivity contribution in [2.75, 3.05) is 80.3 Å². The molecule has 6 aliphatic heterocycles. The quantitative estimate of drug-likeness (QED) is 0.0148. The molecule has 63 nitrogen and oxygen atoms in total. The number of aromatic nitrogens is 20. The largest absolute Gasteiger partial charge is 0.472 e. The number of aliphatic imine (C=N–C) groups is 1. The van der Waals surface area contributed by atoms with Gasteiger partial charge in [0.15, 0.2) is 56.5 Å². The van der Waals surface area contributed by atoms with E-state index in [0.29, 0.717) is 16.7 Å². The molecule has 6 saturated heterocycles. The van der Waals surface area contributed by atoms with Crippen molar-refractivity contribution < 1.29 is 140 Å². The molecule has 6 unspecified atom stereocenters. The highest BCUT2D eigenvalue weighted by atomic mass is 32.5. The predicted octanol–water partition coefficient (Wildman–Crippen LogP) is 2.21. The van der Waals surface area contributed by atoms with E-state index in [1.807, 2.05) is 91.0 Å². The minimum Gasteiger partial charge on any atom is -0.382 e. The van der Waals surface area contributed by atoms with Crippen LogP contribution in [0.5, 0.6) is 0 Å². The number of fused-ring (bicyclic) bond motifs is 4. The number of hydrogen-bond acceptors (Lipinski definition) is 47. The van der Waals surface area contributed by atoms with Crippen molar-refractivity contribution in [2.24, 2.45) is 4.99 Å². The highest BCUT2D eigenvalue weighted by Crippen LogP contribution is 2.58. The van der Waals surface area contributed by atoms with Crippen LogP contribution in [0.1, 0.15) is 91.9 Å². The third-order valence-electron chi connectivity index (χ3n) is 25.0. The average Bonchev–Trinajstić information content (AvgIpc) is 1.52. The van der Waals surface area contributed by atoms with E-state index < -0.39 is 278 Å². The number of ether oxygens (including phenoxy) is 7. The van der Waals surface area contributed by atoms with Crippen LogP contribution in [0.15, 0.2) is 163 Å². The zero-order chi connectivity index (χ0) is 106. The Morgan fingerprint density at radius 2 is 0.733 bits per heavy atom. The molecule has 0 bridgehead atoms. The van der Waals surface area contributed by atoms with Crippen LogP contribution in [-0.2, 0) is 123 Å². The second-order valence-corrected chi connectivity index (χ2v) is 44.4. The SMILES string of the molecule is C=Nc1c(N(C)[C@H]2C[C@H](OP(=O)(O)OC[C@H]3O[C@@H](n4cnc5c(=O)[nH]c(N)nc54)C[C@@H]3OP(=O)(O)OC[C@H]3OC(n4cnc5c(N)ncnc54)C[C@@H]3OP(=O)(O)OC[C@H]3O[C@@H](n4cnc5c(=O)[nH]c(N)nc54)C[C@@H]3OP(O)(O)=S)[C@@H](COP(=O)(O)O[C@H]3C[C@H](n4cnc5c(=O)[nH]c(N)nc54)O[C@@H]3COP(=O)(O)O[C@H]3C[C@H](n4cc(C)c(=O)[nH]c4=O)O[C@@H]3COC(c3ccccc3)(c3ccccc3)c3ccccc3)O2)nc(N)[nH]c1=O. The van der Waals surface area contributed by atoms with Gasteiger partial charge in [0.2, 0.25) is 23.8 Å². The molecule has 22 N–H and O–H groups in total. The first-order valence-corrected chi connectivity index (χ1v) is 55.2. The summed E-state index contributed by atoms with van der Waals surface area (Å²) in [7, 11) is -26.8. The lowest BCUT2D eigenvalue weighted by Gasteiger charge is -2.37. The third kappa shape index (κ3) is 23.1. The van der Waals surface area contributed by atoms with Gasteiger partial charge in [-0.25, -0.2) is 57.5 Å². The molecule has 70 heteroatoms. The number of phosphoric acid groups is 5. The Bertz CT molecular complexity index is 7870.